The Morgan fingerprint density at radius 3 is 3.07 bits per heavy atom. The van der Waals surface area contributed by atoms with Crippen LogP contribution in [0.4, 0.5) is 5.95 Å². The number of thiophene rings is 1. The number of rotatable bonds is 3. The highest BCUT2D eigenvalue weighted by atomic mass is 35.5. The van der Waals surface area contributed by atoms with Gasteiger partial charge in [0.25, 0.3) is 0 Å². The number of halogens is 1. The van der Waals surface area contributed by atoms with Crippen LogP contribution in [0.1, 0.15) is 4.88 Å². The fourth-order valence-electron chi connectivity index (χ4n) is 1.03. The van der Waals surface area contributed by atoms with Crippen molar-refractivity contribution < 1.29 is 0 Å². The van der Waals surface area contributed by atoms with Gasteiger partial charge in [-0.1, -0.05) is 11.6 Å². The molecule has 0 aliphatic rings. The number of hydrogen-bond donors (Lipinski definition) is 1. The van der Waals surface area contributed by atoms with Crippen molar-refractivity contribution in [2.24, 2.45) is 7.05 Å². The van der Waals surface area contributed by atoms with E-state index in [-0.39, 0.29) is 0 Å². The average Bonchev–Trinajstić information content (AvgIpc) is 2.72. The molecule has 1 N–H and O–H groups in total. The zero-order valence-corrected chi connectivity index (χ0v) is 9.14. The highest BCUT2D eigenvalue weighted by Crippen LogP contribution is 2.19. The SMILES string of the molecule is Cn1cnc(NCc2cc(Cl)cs2)n1. The van der Waals surface area contributed by atoms with E-state index in [1.807, 2.05) is 18.5 Å². The van der Waals surface area contributed by atoms with Gasteiger partial charge in [-0.2, -0.15) is 0 Å². The summed E-state index contributed by atoms with van der Waals surface area (Å²) >= 11 is 7.41. The minimum atomic E-state index is 0.636. The summed E-state index contributed by atoms with van der Waals surface area (Å²) in [6, 6.07) is 1.93. The normalized spacial score (nSPS) is 10.4. The van der Waals surface area contributed by atoms with E-state index in [2.05, 4.69) is 15.4 Å². The number of nitrogens with zero attached hydrogens (tertiary/aromatic N) is 3. The summed E-state index contributed by atoms with van der Waals surface area (Å²) in [5, 5.41) is 9.89. The van der Waals surface area contributed by atoms with Gasteiger partial charge in [0.05, 0.1) is 11.6 Å². The van der Waals surface area contributed by atoms with Crippen LogP contribution in [0.5, 0.6) is 0 Å². The molecule has 0 aromatic carbocycles. The number of aryl methyl sites for hydroxylation is 1. The second-order valence-electron chi connectivity index (χ2n) is 2.83. The quantitative estimate of drug-likeness (QED) is 0.876. The number of aromatic nitrogens is 3. The maximum Gasteiger partial charge on any atom is 0.242 e. The van der Waals surface area contributed by atoms with Crippen molar-refractivity contribution >= 4 is 28.9 Å². The van der Waals surface area contributed by atoms with Crippen LogP contribution in [0, 0.1) is 0 Å². The topological polar surface area (TPSA) is 42.7 Å². The molecule has 14 heavy (non-hydrogen) atoms. The summed E-state index contributed by atoms with van der Waals surface area (Å²) in [7, 11) is 1.83. The Hall–Kier alpha value is -1.07. The van der Waals surface area contributed by atoms with Crippen molar-refractivity contribution in [1.82, 2.24) is 14.8 Å². The van der Waals surface area contributed by atoms with Gasteiger partial charge in [0.2, 0.25) is 5.95 Å². The fourth-order valence-corrected chi connectivity index (χ4v) is 2.05. The molecule has 0 atom stereocenters. The van der Waals surface area contributed by atoms with Crippen LogP contribution >= 0.6 is 22.9 Å². The van der Waals surface area contributed by atoms with Gasteiger partial charge in [-0.05, 0) is 6.07 Å². The maximum atomic E-state index is 5.79. The molecule has 4 nitrogen and oxygen atoms in total. The zero-order valence-electron chi connectivity index (χ0n) is 7.57. The molecule has 0 aliphatic heterocycles. The fraction of sp³-hybridized carbons (Fsp3) is 0.250. The molecule has 6 heteroatoms. The van der Waals surface area contributed by atoms with E-state index in [0.717, 1.165) is 5.02 Å². The first-order valence-corrected chi connectivity index (χ1v) is 5.32. The highest BCUT2D eigenvalue weighted by molar-refractivity contribution is 7.10. The second-order valence-corrected chi connectivity index (χ2v) is 4.26. The van der Waals surface area contributed by atoms with E-state index < -0.39 is 0 Å². The predicted molar refractivity (Wildman–Crippen MR) is 57.7 cm³/mol. The maximum absolute atomic E-state index is 5.79. The molecular formula is C8H9ClN4S. The molecular weight excluding hydrogens is 220 g/mol. The van der Waals surface area contributed by atoms with Gasteiger partial charge < -0.3 is 5.32 Å². The van der Waals surface area contributed by atoms with Crippen LogP contribution in [0.3, 0.4) is 0 Å². The zero-order chi connectivity index (χ0) is 9.97. The van der Waals surface area contributed by atoms with Crippen LogP contribution in [-0.4, -0.2) is 14.8 Å². The van der Waals surface area contributed by atoms with Crippen LogP contribution in [0.25, 0.3) is 0 Å². The van der Waals surface area contributed by atoms with Crippen molar-refractivity contribution in [1.29, 1.82) is 0 Å². The Morgan fingerprint density at radius 1 is 1.64 bits per heavy atom. The van der Waals surface area contributed by atoms with Crippen LogP contribution in [-0.2, 0) is 13.6 Å². The van der Waals surface area contributed by atoms with Crippen LogP contribution in [0.2, 0.25) is 5.02 Å². The summed E-state index contributed by atoms with van der Waals surface area (Å²) in [6.07, 6.45) is 1.66. The number of hydrogen-bond acceptors (Lipinski definition) is 4. The lowest BCUT2D eigenvalue weighted by Crippen LogP contribution is -1.99. The monoisotopic (exact) mass is 228 g/mol. The van der Waals surface area contributed by atoms with Crippen molar-refractivity contribution in [3.05, 3.63) is 27.7 Å². The first-order valence-electron chi connectivity index (χ1n) is 4.06. The van der Waals surface area contributed by atoms with Gasteiger partial charge in [-0.3, -0.25) is 4.68 Å². The Bertz CT molecular complexity index is 382. The molecule has 0 spiro atoms. The Kier molecular flexibility index (Phi) is 2.69. The summed E-state index contributed by atoms with van der Waals surface area (Å²) in [4.78, 5) is 5.22. The predicted octanol–water partition coefficient (Wildman–Crippen LogP) is 2.14. The van der Waals surface area contributed by atoms with E-state index in [0.29, 0.717) is 12.5 Å². The first kappa shape index (κ1) is 9.48. The summed E-state index contributed by atoms with van der Waals surface area (Å²) in [6.45, 7) is 0.710. The Morgan fingerprint density at radius 2 is 2.50 bits per heavy atom. The van der Waals surface area contributed by atoms with Crippen molar-refractivity contribution in [2.75, 3.05) is 5.32 Å². The van der Waals surface area contributed by atoms with Gasteiger partial charge in [0, 0.05) is 17.3 Å². The lowest BCUT2D eigenvalue weighted by molar-refractivity contribution is 0.766. The van der Waals surface area contributed by atoms with E-state index in [1.54, 1.807) is 22.3 Å². The average molecular weight is 229 g/mol. The molecule has 74 valence electrons. The molecule has 0 saturated heterocycles. The highest BCUT2D eigenvalue weighted by Gasteiger charge is 2.00. The molecule has 0 bridgehead atoms. The van der Waals surface area contributed by atoms with Crippen LogP contribution < -0.4 is 5.32 Å². The largest absolute Gasteiger partial charge is 0.348 e. The third-order valence-electron chi connectivity index (χ3n) is 1.64. The van der Waals surface area contributed by atoms with Gasteiger partial charge in [-0.15, -0.1) is 16.4 Å². The minimum Gasteiger partial charge on any atom is -0.348 e. The van der Waals surface area contributed by atoms with Gasteiger partial charge in [0.15, 0.2) is 0 Å². The third kappa shape index (κ3) is 2.24. The van der Waals surface area contributed by atoms with E-state index in [9.17, 15) is 0 Å². The molecule has 0 amide bonds. The molecule has 0 radical (unpaired) electrons. The van der Waals surface area contributed by atoms with E-state index in [4.69, 9.17) is 11.6 Å². The van der Waals surface area contributed by atoms with Crippen LogP contribution in [0.15, 0.2) is 17.8 Å². The summed E-state index contributed by atoms with van der Waals surface area (Å²) in [5.74, 6) is 0.636. The molecule has 0 saturated carbocycles. The van der Waals surface area contributed by atoms with Gasteiger partial charge in [-0.25, -0.2) is 4.98 Å². The van der Waals surface area contributed by atoms with Gasteiger partial charge in [0.1, 0.15) is 6.33 Å². The first-order chi connectivity index (χ1) is 6.74. The second kappa shape index (κ2) is 3.98. The summed E-state index contributed by atoms with van der Waals surface area (Å²) < 4.78 is 1.66. The molecule has 2 aromatic rings. The van der Waals surface area contributed by atoms with Crippen molar-refractivity contribution in [3.63, 3.8) is 0 Å². The molecule has 0 fully saturated rings. The minimum absolute atomic E-state index is 0.636. The molecule has 2 aromatic heterocycles. The molecule has 2 heterocycles. The standard InChI is InChI=1S/C8H9ClN4S/c1-13-5-11-8(12-13)10-3-7-2-6(9)4-14-7/h2,4-5H,3H2,1H3,(H,10,12). The molecule has 2 rings (SSSR count). The third-order valence-corrected chi connectivity index (χ3v) is 2.93. The number of nitrogens with one attached hydrogen (secondary N) is 1. The smallest absolute Gasteiger partial charge is 0.242 e. The van der Waals surface area contributed by atoms with E-state index in [1.165, 1.54) is 4.88 Å². The van der Waals surface area contributed by atoms with Crippen molar-refractivity contribution in [2.45, 2.75) is 6.54 Å². The number of anilines is 1. The van der Waals surface area contributed by atoms with Gasteiger partial charge >= 0.3 is 0 Å². The summed E-state index contributed by atoms with van der Waals surface area (Å²) in [5.41, 5.74) is 0. The Balaban J connectivity index is 1.94. The molecule has 0 unspecified atom stereocenters. The van der Waals surface area contributed by atoms with Crippen molar-refractivity contribution in [3.8, 4) is 0 Å². The lowest BCUT2D eigenvalue weighted by atomic mass is 10.5. The molecule has 0 aliphatic carbocycles. The van der Waals surface area contributed by atoms with E-state index >= 15 is 0 Å². The Labute approximate surface area is 90.5 Å². The lowest BCUT2D eigenvalue weighted by Gasteiger charge is -1.97.